The molecule has 0 saturated heterocycles. The Kier molecular flexibility index (Phi) is 5.30. The van der Waals surface area contributed by atoms with Crippen molar-refractivity contribution in [2.24, 2.45) is 5.41 Å². The van der Waals surface area contributed by atoms with Gasteiger partial charge in [0.1, 0.15) is 17.2 Å². The number of hydrogen-bond donors (Lipinski definition) is 0. The summed E-state index contributed by atoms with van der Waals surface area (Å²) >= 11 is 16.2. The molecule has 0 amide bonds. The lowest BCUT2D eigenvalue weighted by molar-refractivity contribution is -0.135. The van der Waals surface area contributed by atoms with E-state index in [1.165, 1.54) is 0 Å². The van der Waals surface area contributed by atoms with Crippen molar-refractivity contribution in [2.45, 2.75) is 25.6 Å². The van der Waals surface area contributed by atoms with E-state index in [4.69, 9.17) is 35.1 Å². The van der Waals surface area contributed by atoms with Crippen LogP contribution in [0.5, 0.6) is 0 Å². The molecule has 12 heavy (non-hydrogen) atoms. The van der Waals surface area contributed by atoms with Gasteiger partial charge in [-0.2, -0.15) is 0 Å². The van der Waals surface area contributed by atoms with Gasteiger partial charge < -0.3 is 4.29 Å². The smallest absolute Gasteiger partial charge is 0.342 e. The van der Waals surface area contributed by atoms with Crippen LogP contribution >= 0.6 is 35.1 Å². The maximum absolute atomic E-state index is 10.9. The highest BCUT2D eigenvalue weighted by Gasteiger charge is 2.34. The first kappa shape index (κ1) is 12.3. The van der Waals surface area contributed by atoms with E-state index in [2.05, 4.69) is 4.29 Å². The van der Waals surface area contributed by atoms with E-state index in [1.807, 2.05) is 13.8 Å². The molecular formula is C7H11Cl3O2. The zero-order valence-corrected chi connectivity index (χ0v) is 9.21. The second-order valence-electron chi connectivity index (χ2n) is 3.19. The molecule has 2 nitrogen and oxygen atoms in total. The van der Waals surface area contributed by atoms with E-state index in [0.29, 0.717) is 12.3 Å². The Morgan fingerprint density at radius 1 is 1.58 bits per heavy atom. The zero-order valence-electron chi connectivity index (χ0n) is 6.94. The predicted molar refractivity (Wildman–Crippen MR) is 50.7 cm³/mol. The van der Waals surface area contributed by atoms with Crippen LogP contribution in [0, 0.1) is 5.41 Å². The van der Waals surface area contributed by atoms with E-state index < -0.39 is 16.8 Å². The summed E-state index contributed by atoms with van der Waals surface area (Å²) < 4.78 is 4.00. The monoisotopic (exact) mass is 232 g/mol. The summed E-state index contributed by atoms with van der Waals surface area (Å²) in [6, 6.07) is 0. The normalized spacial score (nSPS) is 14.1. The van der Waals surface area contributed by atoms with E-state index in [0.717, 1.165) is 0 Å². The van der Waals surface area contributed by atoms with Gasteiger partial charge in [-0.25, -0.2) is 4.79 Å². The zero-order chi connectivity index (χ0) is 9.78. The van der Waals surface area contributed by atoms with Gasteiger partial charge in [-0.3, -0.25) is 0 Å². The Morgan fingerprint density at radius 3 is 2.42 bits per heavy atom. The number of halogens is 3. The Labute approximate surface area is 87.3 Å². The molecule has 0 saturated carbocycles. The summed E-state index contributed by atoms with van der Waals surface area (Å²) in [5, 5.41) is -0.756. The van der Waals surface area contributed by atoms with Gasteiger partial charge in [0, 0.05) is 5.88 Å². The first-order chi connectivity index (χ1) is 5.45. The lowest BCUT2D eigenvalue weighted by Crippen LogP contribution is -2.32. The second kappa shape index (κ2) is 5.15. The highest BCUT2D eigenvalue weighted by molar-refractivity contribution is 6.32. The number of rotatable bonds is 4. The van der Waals surface area contributed by atoms with Crippen LogP contribution in [-0.4, -0.2) is 17.2 Å². The summed E-state index contributed by atoms with van der Waals surface area (Å²) in [5.41, 5.74) is -0.394. The average molecular weight is 234 g/mol. The summed E-state index contributed by atoms with van der Waals surface area (Å²) in [4.78, 5) is 10.9. The van der Waals surface area contributed by atoms with Crippen molar-refractivity contribution in [3.8, 4) is 0 Å². The average Bonchev–Trinajstić information content (AvgIpc) is 2.01. The molecule has 0 aromatic heterocycles. The van der Waals surface area contributed by atoms with Crippen molar-refractivity contribution in [3.05, 3.63) is 0 Å². The first-order valence-corrected chi connectivity index (χ1v) is 4.76. The van der Waals surface area contributed by atoms with Crippen LogP contribution in [0.2, 0.25) is 0 Å². The highest BCUT2D eigenvalue weighted by Crippen LogP contribution is 2.30. The molecule has 0 rings (SSSR count). The quantitative estimate of drug-likeness (QED) is 0.698. The van der Waals surface area contributed by atoms with E-state index in [9.17, 15) is 4.79 Å². The van der Waals surface area contributed by atoms with Crippen molar-refractivity contribution in [2.75, 3.05) is 5.88 Å². The Hall–Kier alpha value is 0.340. The molecule has 0 aliphatic carbocycles. The highest BCUT2D eigenvalue weighted by atomic mass is 35.5. The lowest BCUT2D eigenvalue weighted by atomic mass is 9.86. The Morgan fingerprint density at radius 2 is 2.08 bits per heavy atom. The third-order valence-electron chi connectivity index (χ3n) is 1.71. The fourth-order valence-corrected chi connectivity index (χ4v) is 1.50. The third-order valence-corrected chi connectivity index (χ3v) is 2.82. The fourth-order valence-electron chi connectivity index (χ4n) is 0.728. The summed E-state index contributed by atoms with van der Waals surface area (Å²) in [7, 11) is 0. The van der Waals surface area contributed by atoms with Crippen LogP contribution in [0.25, 0.3) is 0 Å². The fraction of sp³-hybridized carbons (Fsp3) is 0.857. The molecule has 0 radical (unpaired) electrons. The van der Waals surface area contributed by atoms with Crippen molar-refractivity contribution in [1.29, 1.82) is 0 Å². The summed E-state index contributed by atoms with van der Waals surface area (Å²) in [5.74, 6) is -0.181. The van der Waals surface area contributed by atoms with Crippen LogP contribution in [0.4, 0.5) is 0 Å². The minimum Gasteiger partial charge on any atom is -0.346 e. The van der Waals surface area contributed by atoms with Crippen LogP contribution in [-0.2, 0) is 9.08 Å². The summed E-state index contributed by atoms with van der Waals surface area (Å²) in [6.07, 6.45) is 0.634. The molecule has 1 unspecified atom stereocenters. The molecule has 0 aromatic rings. The minimum absolute atomic E-state index is 0.394. The van der Waals surface area contributed by atoms with Gasteiger partial charge in [-0.1, -0.05) is 13.8 Å². The molecule has 5 heteroatoms. The molecule has 1 atom stereocenters. The van der Waals surface area contributed by atoms with Gasteiger partial charge in [-0.05, 0) is 11.8 Å². The number of carbonyl (C=O) groups is 1. The van der Waals surface area contributed by atoms with Crippen LogP contribution in [0.1, 0.15) is 20.3 Å². The maximum Gasteiger partial charge on any atom is 0.342 e. The lowest BCUT2D eigenvalue weighted by Gasteiger charge is -2.26. The Bertz CT molecular complexity index is 159. The second-order valence-corrected chi connectivity index (χ2v) is 4.16. The number of alkyl halides is 2. The van der Waals surface area contributed by atoms with Gasteiger partial charge in [0.25, 0.3) is 0 Å². The van der Waals surface area contributed by atoms with Crippen molar-refractivity contribution >= 4 is 41.0 Å². The van der Waals surface area contributed by atoms with Crippen molar-refractivity contribution < 1.29 is 9.08 Å². The van der Waals surface area contributed by atoms with E-state index in [1.54, 1.807) is 0 Å². The molecule has 0 heterocycles. The van der Waals surface area contributed by atoms with Gasteiger partial charge in [0.05, 0.1) is 0 Å². The Balaban J connectivity index is 4.23. The molecule has 0 aromatic carbocycles. The number of hydrogen-bond acceptors (Lipinski definition) is 2. The van der Waals surface area contributed by atoms with Crippen molar-refractivity contribution in [1.82, 2.24) is 0 Å². The van der Waals surface area contributed by atoms with Gasteiger partial charge in [0.15, 0.2) is 0 Å². The van der Waals surface area contributed by atoms with Crippen LogP contribution < -0.4 is 0 Å². The van der Waals surface area contributed by atoms with Gasteiger partial charge in [-0.15, -0.1) is 23.2 Å². The first-order valence-electron chi connectivity index (χ1n) is 3.48. The van der Waals surface area contributed by atoms with Gasteiger partial charge in [0.2, 0.25) is 0 Å². The molecule has 0 fully saturated rings. The maximum atomic E-state index is 10.9. The molecule has 0 aliphatic heterocycles. The van der Waals surface area contributed by atoms with Gasteiger partial charge >= 0.3 is 5.97 Å². The van der Waals surface area contributed by atoms with E-state index >= 15 is 0 Å². The third kappa shape index (κ3) is 3.38. The molecular weight excluding hydrogens is 222 g/mol. The summed E-state index contributed by atoms with van der Waals surface area (Å²) in [6.45, 7) is 3.67. The molecule has 0 N–H and O–H groups in total. The van der Waals surface area contributed by atoms with Crippen molar-refractivity contribution in [3.63, 3.8) is 0 Å². The largest absolute Gasteiger partial charge is 0.346 e. The SMILES string of the molecule is CC(C)(CCCl)C(Cl)C(=O)OCl. The molecule has 0 spiro atoms. The molecule has 72 valence electrons. The standard InChI is InChI=1S/C7H11Cl3O2/c1-7(2,3-4-8)5(9)6(11)12-10/h5H,3-4H2,1-2H3. The molecule has 0 bridgehead atoms. The number of carbonyl (C=O) groups excluding carboxylic acids is 1. The van der Waals surface area contributed by atoms with Crippen LogP contribution in [0.15, 0.2) is 0 Å². The van der Waals surface area contributed by atoms with Crippen LogP contribution in [0.3, 0.4) is 0 Å². The topological polar surface area (TPSA) is 26.3 Å². The minimum atomic E-state index is -0.756. The predicted octanol–water partition coefficient (Wildman–Crippen LogP) is 2.95. The van der Waals surface area contributed by atoms with E-state index in [-0.39, 0.29) is 0 Å². The molecule has 0 aliphatic rings.